The van der Waals surface area contributed by atoms with E-state index in [1.807, 2.05) is 0 Å². The van der Waals surface area contributed by atoms with Crippen LogP contribution in [0.5, 0.6) is 0 Å². The number of fused-ring (bicyclic) bond motifs is 1. The van der Waals surface area contributed by atoms with E-state index >= 15 is 0 Å². The maximum atomic E-state index is 14.1. The predicted octanol–water partition coefficient (Wildman–Crippen LogP) is 3.76. The van der Waals surface area contributed by atoms with Crippen LogP contribution in [-0.2, 0) is 4.79 Å². The number of rotatable bonds is 2. The Morgan fingerprint density at radius 3 is 2.52 bits per heavy atom. The monoisotopic (exact) mass is 343 g/mol. The summed E-state index contributed by atoms with van der Waals surface area (Å²) < 4.78 is 42.1. The Bertz CT molecular complexity index is 966. The van der Waals surface area contributed by atoms with E-state index in [2.05, 4.69) is 10.3 Å². The van der Waals surface area contributed by atoms with Crippen LogP contribution in [0.4, 0.5) is 19.0 Å². The molecule has 0 aliphatic carbocycles. The zero-order valence-electron chi connectivity index (χ0n) is 12.8. The summed E-state index contributed by atoms with van der Waals surface area (Å²) in [5.74, 6) is -2.00. The maximum absolute atomic E-state index is 14.1. The number of aromatic nitrogens is 2. The summed E-state index contributed by atoms with van der Waals surface area (Å²) in [6.07, 6.45) is 1.48. The number of amides is 1. The molecule has 25 heavy (non-hydrogen) atoms. The lowest BCUT2D eigenvalue weighted by atomic mass is 9.90. The first kappa shape index (κ1) is 15.4. The van der Waals surface area contributed by atoms with Crippen LogP contribution in [0.15, 0.2) is 48.8 Å². The highest BCUT2D eigenvalue weighted by Crippen LogP contribution is 2.37. The minimum Gasteiger partial charge on any atom is -0.310 e. The molecule has 0 bridgehead atoms. The van der Waals surface area contributed by atoms with Crippen molar-refractivity contribution in [2.24, 2.45) is 0 Å². The number of hydrogen-bond donors (Lipinski definition) is 1. The molecular formula is C18H12F3N3O. The number of halogens is 3. The lowest BCUT2D eigenvalue weighted by Crippen LogP contribution is -2.25. The summed E-state index contributed by atoms with van der Waals surface area (Å²) >= 11 is 0. The molecular weight excluding hydrogens is 331 g/mol. The van der Waals surface area contributed by atoms with Gasteiger partial charge in [0.05, 0.1) is 11.4 Å². The second-order valence-corrected chi connectivity index (χ2v) is 5.80. The highest BCUT2D eigenvalue weighted by atomic mass is 19.1. The first-order valence-corrected chi connectivity index (χ1v) is 7.61. The Morgan fingerprint density at radius 1 is 1.04 bits per heavy atom. The van der Waals surface area contributed by atoms with Crippen LogP contribution in [0.1, 0.15) is 23.6 Å². The average molecular weight is 343 g/mol. The van der Waals surface area contributed by atoms with Crippen molar-refractivity contribution in [3.63, 3.8) is 0 Å². The second kappa shape index (κ2) is 5.77. The number of anilines is 1. The van der Waals surface area contributed by atoms with Crippen LogP contribution >= 0.6 is 0 Å². The molecule has 1 N–H and O–H groups in total. The molecule has 4 nitrogen and oxygen atoms in total. The standard InChI is InChI=1S/C18H12F3N3O/c19-11-3-1-10(2-4-11)13-8-16(25)23-18-17(13)22-9-24(18)15-7-12(20)5-6-14(15)21/h1-7,9,13H,8H2,(H,23,25)/t13-/m1/s1. The van der Waals surface area contributed by atoms with Gasteiger partial charge in [-0.3, -0.25) is 9.36 Å². The van der Waals surface area contributed by atoms with Gasteiger partial charge in [0, 0.05) is 18.4 Å². The Morgan fingerprint density at radius 2 is 1.76 bits per heavy atom. The molecule has 1 aliphatic heterocycles. The molecule has 0 saturated heterocycles. The van der Waals surface area contributed by atoms with Crippen molar-refractivity contribution in [3.05, 3.63) is 77.5 Å². The van der Waals surface area contributed by atoms with Crippen LogP contribution in [0.2, 0.25) is 0 Å². The van der Waals surface area contributed by atoms with Crippen LogP contribution in [0.25, 0.3) is 5.69 Å². The van der Waals surface area contributed by atoms with Crippen molar-refractivity contribution < 1.29 is 18.0 Å². The quantitative estimate of drug-likeness (QED) is 0.770. The third-order valence-corrected chi connectivity index (χ3v) is 4.21. The van der Waals surface area contributed by atoms with Gasteiger partial charge in [0.2, 0.25) is 5.91 Å². The van der Waals surface area contributed by atoms with Crippen molar-refractivity contribution in [2.75, 3.05) is 5.32 Å². The molecule has 4 rings (SSSR count). The van der Waals surface area contributed by atoms with Crippen LogP contribution in [0.3, 0.4) is 0 Å². The third-order valence-electron chi connectivity index (χ3n) is 4.21. The number of hydrogen-bond acceptors (Lipinski definition) is 2. The zero-order chi connectivity index (χ0) is 17.6. The Labute approximate surface area is 140 Å². The lowest BCUT2D eigenvalue weighted by molar-refractivity contribution is -0.116. The van der Waals surface area contributed by atoms with Gasteiger partial charge in [-0.15, -0.1) is 0 Å². The average Bonchev–Trinajstić information content (AvgIpc) is 3.00. The number of benzene rings is 2. The van der Waals surface area contributed by atoms with E-state index < -0.39 is 11.6 Å². The summed E-state index contributed by atoms with van der Waals surface area (Å²) in [7, 11) is 0. The summed E-state index contributed by atoms with van der Waals surface area (Å²) in [4.78, 5) is 16.4. The molecule has 0 spiro atoms. The Balaban J connectivity index is 1.84. The van der Waals surface area contributed by atoms with E-state index in [4.69, 9.17) is 0 Å². The minimum atomic E-state index is -0.639. The van der Waals surface area contributed by atoms with Gasteiger partial charge in [0.15, 0.2) is 0 Å². The van der Waals surface area contributed by atoms with Crippen LogP contribution in [0, 0.1) is 17.5 Å². The first-order chi connectivity index (χ1) is 12.0. The van der Waals surface area contributed by atoms with E-state index in [0.29, 0.717) is 5.69 Å². The topological polar surface area (TPSA) is 46.9 Å². The van der Waals surface area contributed by atoms with Crippen molar-refractivity contribution in [2.45, 2.75) is 12.3 Å². The van der Waals surface area contributed by atoms with Gasteiger partial charge in [0.1, 0.15) is 29.6 Å². The fourth-order valence-electron chi connectivity index (χ4n) is 3.03. The molecule has 0 radical (unpaired) electrons. The maximum Gasteiger partial charge on any atom is 0.226 e. The molecule has 2 heterocycles. The van der Waals surface area contributed by atoms with Gasteiger partial charge in [-0.2, -0.15) is 0 Å². The number of imidazole rings is 1. The number of nitrogens with zero attached hydrogens (tertiary/aromatic N) is 2. The van der Waals surface area contributed by atoms with Crippen LogP contribution < -0.4 is 5.32 Å². The lowest BCUT2D eigenvalue weighted by Gasteiger charge is -2.23. The molecule has 126 valence electrons. The third kappa shape index (κ3) is 2.67. The van der Waals surface area contributed by atoms with Gasteiger partial charge in [-0.05, 0) is 29.8 Å². The molecule has 2 aromatic carbocycles. The van der Waals surface area contributed by atoms with Gasteiger partial charge in [0.25, 0.3) is 0 Å². The van der Waals surface area contributed by atoms with E-state index in [0.717, 1.165) is 23.8 Å². The van der Waals surface area contributed by atoms with Gasteiger partial charge >= 0.3 is 0 Å². The van der Waals surface area contributed by atoms with Crippen molar-refractivity contribution >= 4 is 11.7 Å². The number of nitrogens with one attached hydrogen (secondary N) is 1. The molecule has 1 aliphatic rings. The Hall–Kier alpha value is -3.09. The fraction of sp³-hybridized carbons (Fsp3) is 0.111. The van der Waals surface area contributed by atoms with Crippen molar-refractivity contribution in [1.82, 2.24) is 9.55 Å². The largest absolute Gasteiger partial charge is 0.310 e. The van der Waals surface area contributed by atoms with Crippen molar-refractivity contribution in [3.8, 4) is 5.69 Å². The van der Waals surface area contributed by atoms with Crippen LogP contribution in [-0.4, -0.2) is 15.5 Å². The van der Waals surface area contributed by atoms with Crippen molar-refractivity contribution in [1.29, 1.82) is 0 Å². The van der Waals surface area contributed by atoms with E-state index in [-0.39, 0.29) is 35.6 Å². The molecule has 1 atom stereocenters. The van der Waals surface area contributed by atoms with E-state index in [1.165, 1.54) is 23.0 Å². The molecule has 7 heteroatoms. The molecule has 0 saturated carbocycles. The molecule has 0 unspecified atom stereocenters. The summed E-state index contributed by atoms with van der Waals surface area (Å²) in [5.41, 5.74) is 1.20. The molecule has 1 aromatic heterocycles. The van der Waals surface area contributed by atoms with Gasteiger partial charge < -0.3 is 5.32 Å². The summed E-state index contributed by atoms with van der Waals surface area (Å²) in [5, 5.41) is 2.66. The SMILES string of the molecule is O=C1C[C@H](c2ccc(F)cc2)c2ncn(-c3cc(F)ccc3F)c2N1. The summed E-state index contributed by atoms with van der Waals surface area (Å²) in [6.45, 7) is 0. The highest BCUT2D eigenvalue weighted by molar-refractivity contribution is 5.94. The normalized spacial score (nSPS) is 16.4. The minimum absolute atomic E-state index is 0.0474. The number of carbonyl (C=O) groups excluding carboxylic acids is 1. The predicted molar refractivity (Wildman–Crippen MR) is 85.0 cm³/mol. The van der Waals surface area contributed by atoms with E-state index in [9.17, 15) is 18.0 Å². The summed E-state index contributed by atoms with van der Waals surface area (Å²) in [6, 6.07) is 8.86. The molecule has 0 fully saturated rings. The highest BCUT2D eigenvalue weighted by Gasteiger charge is 2.31. The number of carbonyl (C=O) groups is 1. The smallest absolute Gasteiger partial charge is 0.226 e. The fourth-order valence-corrected chi connectivity index (χ4v) is 3.03. The van der Waals surface area contributed by atoms with E-state index in [1.54, 1.807) is 12.1 Å². The molecule has 1 amide bonds. The van der Waals surface area contributed by atoms with Gasteiger partial charge in [-0.25, -0.2) is 18.2 Å². The van der Waals surface area contributed by atoms with Gasteiger partial charge in [-0.1, -0.05) is 12.1 Å². The second-order valence-electron chi connectivity index (χ2n) is 5.80. The first-order valence-electron chi connectivity index (χ1n) is 7.61. The zero-order valence-corrected chi connectivity index (χ0v) is 12.8. The Kier molecular flexibility index (Phi) is 3.56. The molecule has 3 aromatic rings.